The smallest absolute Gasteiger partial charge is 0.231 e. The molecule has 1 aromatic heterocycles. The van der Waals surface area contributed by atoms with Crippen molar-refractivity contribution >= 4 is 11.6 Å². The van der Waals surface area contributed by atoms with Gasteiger partial charge in [-0.25, -0.2) is 0 Å². The van der Waals surface area contributed by atoms with E-state index in [4.69, 9.17) is 21.1 Å². The van der Waals surface area contributed by atoms with E-state index in [0.717, 1.165) is 29.3 Å². The molecular formula is C13H14ClN3O2. The van der Waals surface area contributed by atoms with Gasteiger partial charge in [-0.15, -0.1) is 0 Å². The quantitative estimate of drug-likeness (QED) is 0.931. The summed E-state index contributed by atoms with van der Waals surface area (Å²) in [5.74, 6) is 1.60. The van der Waals surface area contributed by atoms with Crippen molar-refractivity contribution in [2.24, 2.45) is 7.05 Å². The van der Waals surface area contributed by atoms with Crippen molar-refractivity contribution in [2.75, 3.05) is 6.79 Å². The van der Waals surface area contributed by atoms with E-state index in [1.54, 1.807) is 10.9 Å². The topological polar surface area (TPSA) is 48.3 Å². The highest BCUT2D eigenvalue weighted by atomic mass is 35.5. The summed E-state index contributed by atoms with van der Waals surface area (Å²) in [6, 6.07) is 5.92. The van der Waals surface area contributed by atoms with Gasteiger partial charge in [0.05, 0.1) is 10.7 Å². The lowest BCUT2D eigenvalue weighted by atomic mass is 10.2. The maximum atomic E-state index is 6.04. The zero-order valence-electron chi connectivity index (χ0n) is 10.5. The Morgan fingerprint density at radius 2 is 2.16 bits per heavy atom. The maximum Gasteiger partial charge on any atom is 0.231 e. The van der Waals surface area contributed by atoms with Crippen LogP contribution < -0.4 is 14.8 Å². The number of fused-ring (bicyclic) bond motifs is 1. The van der Waals surface area contributed by atoms with Crippen LogP contribution in [0.3, 0.4) is 0 Å². The number of nitrogens with zero attached hydrogens (tertiary/aromatic N) is 2. The maximum absolute atomic E-state index is 6.04. The fourth-order valence-electron chi connectivity index (χ4n) is 2.00. The Bertz CT molecular complexity index is 598. The number of ether oxygens (including phenoxy) is 2. The number of rotatable bonds is 4. The summed E-state index contributed by atoms with van der Waals surface area (Å²) in [4.78, 5) is 0. The van der Waals surface area contributed by atoms with E-state index >= 15 is 0 Å². The Kier molecular flexibility index (Phi) is 3.31. The van der Waals surface area contributed by atoms with Gasteiger partial charge in [-0.3, -0.25) is 4.68 Å². The molecular weight excluding hydrogens is 266 g/mol. The Morgan fingerprint density at radius 3 is 2.95 bits per heavy atom. The molecule has 1 aliphatic rings. The summed E-state index contributed by atoms with van der Waals surface area (Å²) in [6.07, 6.45) is 1.79. The first-order chi connectivity index (χ1) is 9.22. The predicted octanol–water partition coefficient (Wildman–Crippen LogP) is 2.09. The lowest BCUT2D eigenvalue weighted by Crippen LogP contribution is -2.13. The van der Waals surface area contributed by atoms with Crippen molar-refractivity contribution in [2.45, 2.75) is 13.1 Å². The van der Waals surface area contributed by atoms with Gasteiger partial charge >= 0.3 is 0 Å². The van der Waals surface area contributed by atoms with E-state index in [2.05, 4.69) is 10.4 Å². The van der Waals surface area contributed by atoms with E-state index in [-0.39, 0.29) is 0 Å². The fraction of sp³-hybridized carbons (Fsp3) is 0.308. The molecule has 6 heteroatoms. The van der Waals surface area contributed by atoms with Crippen molar-refractivity contribution in [1.29, 1.82) is 0 Å². The molecule has 0 unspecified atom stereocenters. The van der Waals surface area contributed by atoms with Gasteiger partial charge in [0, 0.05) is 26.3 Å². The molecule has 100 valence electrons. The standard InChI is InChI=1S/C13H14ClN3O2/c1-17-7-10(14)11(16-17)6-15-5-9-2-3-12-13(4-9)19-8-18-12/h2-4,7,15H,5-6,8H2,1H3. The van der Waals surface area contributed by atoms with Crippen molar-refractivity contribution in [3.05, 3.63) is 40.7 Å². The highest BCUT2D eigenvalue weighted by molar-refractivity contribution is 6.31. The summed E-state index contributed by atoms with van der Waals surface area (Å²) < 4.78 is 12.3. The van der Waals surface area contributed by atoms with Crippen LogP contribution in [-0.4, -0.2) is 16.6 Å². The van der Waals surface area contributed by atoms with Crippen molar-refractivity contribution in [1.82, 2.24) is 15.1 Å². The third kappa shape index (κ3) is 2.67. The van der Waals surface area contributed by atoms with E-state index in [1.807, 2.05) is 25.2 Å². The third-order valence-corrected chi connectivity index (χ3v) is 3.23. The van der Waals surface area contributed by atoms with E-state index in [0.29, 0.717) is 18.4 Å². The molecule has 0 saturated heterocycles. The monoisotopic (exact) mass is 279 g/mol. The SMILES string of the molecule is Cn1cc(Cl)c(CNCc2ccc3c(c2)OCO3)n1. The lowest BCUT2D eigenvalue weighted by Gasteiger charge is -2.04. The number of aromatic nitrogens is 2. The average Bonchev–Trinajstić information content (AvgIpc) is 2.96. The Balaban J connectivity index is 1.59. The molecule has 0 spiro atoms. The summed E-state index contributed by atoms with van der Waals surface area (Å²) in [5.41, 5.74) is 1.99. The second-order valence-corrected chi connectivity index (χ2v) is 4.80. The van der Waals surface area contributed by atoms with Crippen molar-refractivity contribution in [3.63, 3.8) is 0 Å². The highest BCUT2D eigenvalue weighted by Gasteiger charge is 2.13. The summed E-state index contributed by atoms with van der Waals surface area (Å²) >= 11 is 6.04. The van der Waals surface area contributed by atoms with Gasteiger partial charge in [0.25, 0.3) is 0 Å². The second-order valence-electron chi connectivity index (χ2n) is 4.39. The minimum absolute atomic E-state index is 0.301. The van der Waals surface area contributed by atoms with E-state index < -0.39 is 0 Å². The van der Waals surface area contributed by atoms with Crippen LogP contribution in [0.15, 0.2) is 24.4 Å². The van der Waals surface area contributed by atoms with Crippen molar-refractivity contribution in [3.8, 4) is 11.5 Å². The molecule has 1 aromatic carbocycles. The molecule has 0 bridgehead atoms. The molecule has 19 heavy (non-hydrogen) atoms. The minimum Gasteiger partial charge on any atom is -0.454 e. The zero-order chi connectivity index (χ0) is 13.2. The summed E-state index contributed by atoms with van der Waals surface area (Å²) in [7, 11) is 1.85. The number of hydrogen-bond donors (Lipinski definition) is 1. The number of halogens is 1. The van der Waals surface area contributed by atoms with Crippen LogP contribution in [-0.2, 0) is 20.1 Å². The molecule has 3 rings (SSSR count). The second kappa shape index (κ2) is 5.11. The minimum atomic E-state index is 0.301. The van der Waals surface area contributed by atoms with Crippen LogP contribution in [0, 0.1) is 0 Å². The Hall–Kier alpha value is -1.72. The van der Waals surface area contributed by atoms with Gasteiger partial charge in [-0.1, -0.05) is 17.7 Å². The van der Waals surface area contributed by atoms with E-state index in [1.165, 1.54) is 0 Å². The van der Waals surface area contributed by atoms with Crippen LogP contribution in [0.4, 0.5) is 0 Å². The van der Waals surface area contributed by atoms with Gasteiger partial charge in [0.1, 0.15) is 0 Å². The molecule has 1 aliphatic heterocycles. The van der Waals surface area contributed by atoms with Crippen LogP contribution in [0.1, 0.15) is 11.3 Å². The van der Waals surface area contributed by atoms with Gasteiger partial charge in [0.15, 0.2) is 11.5 Å². The number of nitrogens with one attached hydrogen (secondary N) is 1. The van der Waals surface area contributed by atoms with Gasteiger partial charge < -0.3 is 14.8 Å². The molecule has 5 nitrogen and oxygen atoms in total. The van der Waals surface area contributed by atoms with Crippen LogP contribution in [0.25, 0.3) is 0 Å². The number of hydrogen-bond acceptors (Lipinski definition) is 4. The molecule has 0 amide bonds. The lowest BCUT2D eigenvalue weighted by molar-refractivity contribution is 0.174. The predicted molar refractivity (Wildman–Crippen MR) is 71.3 cm³/mol. The molecule has 0 radical (unpaired) electrons. The van der Waals surface area contributed by atoms with Crippen molar-refractivity contribution < 1.29 is 9.47 Å². The molecule has 0 aliphatic carbocycles. The molecule has 2 aromatic rings. The van der Waals surface area contributed by atoms with Gasteiger partial charge in [-0.05, 0) is 17.7 Å². The summed E-state index contributed by atoms with van der Waals surface area (Å²) in [5, 5.41) is 8.26. The first-order valence-corrected chi connectivity index (χ1v) is 6.37. The normalized spacial score (nSPS) is 12.9. The van der Waals surface area contributed by atoms with Crippen LogP contribution in [0.2, 0.25) is 5.02 Å². The zero-order valence-corrected chi connectivity index (χ0v) is 11.3. The molecule has 0 atom stereocenters. The summed E-state index contributed by atoms with van der Waals surface area (Å²) in [6.45, 7) is 1.66. The molecule has 0 fully saturated rings. The Labute approximate surface area is 116 Å². The molecule has 0 saturated carbocycles. The van der Waals surface area contributed by atoms with Crippen LogP contribution in [0.5, 0.6) is 11.5 Å². The largest absolute Gasteiger partial charge is 0.454 e. The molecule has 1 N–H and O–H groups in total. The third-order valence-electron chi connectivity index (χ3n) is 2.91. The van der Waals surface area contributed by atoms with Gasteiger partial charge in [0.2, 0.25) is 6.79 Å². The van der Waals surface area contributed by atoms with Crippen LogP contribution >= 0.6 is 11.6 Å². The molecule has 2 heterocycles. The highest BCUT2D eigenvalue weighted by Crippen LogP contribution is 2.32. The fourth-order valence-corrected chi connectivity index (χ4v) is 2.25. The number of benzene rings is 1. The Morgan fingerprint density at radius 1 is 1.32 bits per heavy atom. The van der Waals surface area contributed by atoms with Gasteiger partial charge in [-0.2, -0.15) is 5.10 Å². The first-order valence-electron chi connectivity index (χ1n) is 5.99. The average molecular weight is 280 g/mol. The number of aryl methyl sites for hydroxylation is 1. The first kappa shape index (κ1) is 12.3. The van der Waals surface area contributed by atoms with E-state index in [9.17, 15) is 0 Å².